The average molecular weight is 223 g/mol. The molecule has 1 aromatic carbocycles. The van der Waals surface area contributed by atoms with E-state index in [9.17, 15) is 0 Å². The molecule has 0 fully saturated rings. The molecule has 0 spiro atoms. The molecule has 2 rings (SSSR count). The number of rotatable bonds is 2. The molecule has 0 aliphatic heterocycles. The lowest BCUT2D eigenvalue weighted by molar-refractivity contribution is 0.651. The Labute approximate surface area is 92.7 Å². The molecule has 78 valence electrons. The van der Waals surface area contributed by atoms with Crippen LogP contribution in [0, 0.1) is 0 Å². The van der Waals surface area contributed by atoms with Gasteiger partial charge in [0.2, 0.25) is 0 Å². The maximum atomic E-state index is 6.08. The summed E-state index contributed by atoms with van der Waals surface area (Å²) in [5.74, 6) is 0. The largest absolute Gasteiger partial charge is 0.319 e. The summed E-state index contributed by atoms with van der Waals surface area (Å²) < 4.78 is 1.65. The lowest BCUT2D eigenvalue weighted by Gasteiger charge is -2.12. The van der Waals surface area contributed by atoms with Crippen molar-refractivity contribution >= 4 is 11.6 Å². The van der Waals surface area contributed by atoms with Crippen LogP contribution in [0.2, 0.25) is 5.02 Å². The summed E-state index contributed by atoms with van der Waals surface area (Å²) in [6.45, 7) is 0. The molecule has 0 saturated carbocycles. The molecular formula is C10H11ClN4. The van der Waals surface area contributed by atoms with Crippen molar-refractivity contribution in [1.29, 1.82) is 0 Å². The SMILES string of the molecule is Cn1nncc1C(N)c1ccccc1Cl. The van der Waals surface area contributed by atoms with Gasteiger partial charge in [-0.05, 0) is 11.6 Å². The molecule has 2 N–H and O–H groups in total. The average Bonchev–Trinajstić information content (AvgIpc) is 2.64. The molecule has 0 aliphatic rings. The Hall–Kier alpha value is -1.39. The highest BCUT2D eigenvalue weighted by Gasteiger charge is 2.15. The van der Waals surface area contributed by atoms with E-state index in [1.54, 1.807) is 17.9 Å². The van der Waals surface area contributed by atoms with Gasteiger partial charge in [0.05, 0.1) is 17.9 Å². The number of aromatic nitrogens is 3. The van der Waals surface area contributed by atoms with Gasteiger partial charge in [-0.25, -0.2) is 0 Å². The van der Waals surface area contributed by atoms with Gasteiger partial charge in [0, 0.05) is 12.1 Å². The first-order valence-corrected chi connectivity index (χ1v) is 4.92. The molecule has 0 amide bonds. The van der Waals surface area contributed by atoms with Crippen molar-refractivity contribution in [3.8, 4) is 0 Å². The third-order valence-electron chi connectivity index (χ3n) is 2.31. The Morgan fingerprint density at radius 3 is 2.73 bits per heavy atom. The molecule has 15 heavy (non-hydrogen) atoms. The van der Waals surface area contributed by atoms with Gasteiger partial charge in [-0.15, -0.1) is 5.10 Å². The van der Waals surface area contributed by atoms with E-state index in [0.717, 1.165) is 11.3 Å². The van der Waals surface area contributed by atoms with Crippen LogP contribution in [0.4, 0.5) is 0 Å². The van der Waals surface area contributed by atoms with Crippen LogP contribution >= 0.6 is 11.6 Å². The van der Waals surface area contributed by atoms with Crippen molar-refractivity contribution in [2.45, 2.75) is 6.04 Å². The van der Waals surface area contributed by atoms with Crippen LogP contribution in [0.3, 0.4) is 0 Å². The van der Waals surface area contributed by atoms with Crippen LogP contribution in [0.25, 0.3) is 0 Å². The maximum absolute atomic E-state index is 6.08. The summed E-state index contributed by atoms with van der Waals surface area (Å²) in [6, 6.07) is 7.21. The third-order valence-corrected chi connectivity index (χ3v) is 2.65. The molecule has 2 aromatic rings. The third kappa shape index (κ3) is 1.86. The summed E-state index contributed by atoms with van der Waals surface area (Å²) in [5.41, 5.74) is 7.79. The molecule has 4 nitrogen and oxygen atoms in total. The Balaban J connectivity index is 2.41. The molecule has 0 radical (unpaired) electrons. The molecule has 0 aliphatic carbocycles. The molecule has 1 atom stereocenters. The summed E-state index contributed by atoms with van der Waals surface area (Å²) >= 11 is 6.06. The molecular weight excluding hydrogens is 212 g/mol. The predicted molar refractivity (Wildman–Crippen MR) is 58.5 cm³/mol. The zero-order valence-electron chi connectivity index (χ0n) is 8.26. The summed E-state index contributed by atoms with van der Waals surface area (Å²) in [7, 11) is 1.80. The number of hydrogen-bond donors (Lipinski definition) is 1. The molecule has 1 unspecified atom stereocenters. The van der Waals surface area contributed by atoms with Crippen LogP contribution in [-0.2, 0) is 7.05 Å². The Bertz CT molecular complexity index is 466. The lowest BCUT2D eigenvalue weighted by atomic mass is 10.1. The van der Waals surface area contributed by atoms with Crippen molar-refractivity contribution in [1.82, 2.24) is 15.0 Å². The van der Waals surface area contributed by atoms with Crippen molar-refractivity contribution < 1.29 is 0 Å². The van der Waals surface area contributed by atoms with Gasteiger partial charge in [0.15, 0.2) is 0 Å². The molecule has 1 heterocycles. The Morgan fingerprint density at radius 1 is 1.40 bits per heavy atom. The first-order chi connectivity index (χ1) is 7.20. The molecule has 5 heteroatoms. The Morgan fingerprint density at radius 2 is 2.13 bits per heavy atom. The number of halogens is 1. The number of benzene rings is 1. The van der Waals surface area contributed by atoms with Gasteiger partial charge >= 0.3 is 0 Å². The van der Waals surface area contributed by atoms with E-state index in [4.69, 9.17) is 17.3 Å². The summed E-state index contributed by atoms with van der Waals surface area (Å²) in [4.78, 5) is 0. The van der Waals surface area contributed by atoms with Gasteiger partial charge in [0.1, 0.15) is 0 Å². The smallest absolute Gasteiger partial charge is 0.0797 e. The van der Waals surface area contributed by atoms with E-state index < -0.39 is 0 Å². The fraction of sp³-hybridized carbons (Fsp3) is 0.200. The Kier molecular flexibility index (Phi) is 2.70. The highest BCUT2D eigenvalue weighted by Crippen LogP contribution is 2.25. The monoisotopic (exact) mass is 222 g/mol. The van der Waals surface area contributed by atoms with E-state index >= 15 is 0 Å². The minimum atomic E-state index is -0.293. The van der Waals surface area contributed by atoms with Crippen LogP contribution in [0.15, 0.2) is 30.5 Å². The lowest BCUT2D eigenvalue weighted by Crippen LogP contribution is -2.16. The van der Waals surface area contributed by atoms with Crippen molar-refractivity contribution in [3.05, 3.63) is 46.7 Å². The number of hydrogen-bond acceptors (Lipinski definition) is 3. The van der Waals surface area contributed by atoms with Gasteiger partial charge in [-0.3, -0.25) is 4.68 Å². The van der Waals surface area contributed by atoms with Gasteiger partial charge in [-0.2, -0.15) is 0 Å². The van der Waals surface area contributed by atoms with Crippen LogP contribution in [-0.4, -0.2) is 15.0 Å². The minimum Gasteiger partial charge on any atom is -0.319 e. The highest BCUT2D eigenvalue weighted by atomic mass is 35.5. The highest BCUT2D eigenvalue weighted by molar-refractivity contribution is 6.31. The zero-order chi connectivity index (χ0) is 10.8. The van der Waals surface area contributed by atoms with Crippen molar-refractivity contribution in [2.24, 2.45) is 12.8 Å². The van der Waals surface area contributed by atoms with E-state index in [0.29, 0.717) is 5.02 Å². The number of nitrogens with zero attached hydrogens (tertiary/aromatic N) is 3. The molecule has 0 saturated heterocycles. The van der Waals surface area contributed by atoms with Crippen molar-refractivity contribution in [2.75, 3.05) is 0 Å². The van der Waals surface area contributed by atoms with Gasteiger partial charge in [-0.1, -0.05) is 35.0 Å². The van der Waals surface area contributed by atoms with Crippen LogP contribution in [0.5, 0.6) is 0 Å². The first kappa shape index (κ1) is 10.1. The van der Waals surface area contributed by atoms with Crippen molar-refractivity contribution in [3.63, 3.8) is 0 Å². The van der Waals surface area contributed by atoms with E-state index in [2.05, 4.69) is 10.3 Å². The second kappa shape index (κ2) is 4.00. The van der Waals surface area contributed by atoms with Crippen LogP contribution in [0.1, 0.15) is 17.3 Å². The quantitative estimate of drug-likeness (QED) is 0.838. The minimum absolute atomic E-state index is 0.293. The fourth-order valence-electron chi connectivity index (χ4n) is 1.47. The normalized spacial score (nSPS) is 12.7. The topological polar surface area (TPSA) is 56.7 Å². The second-order valence-electron chi connectivity index (χ2n) is 3.28. The molecule has 1 aromatic heterocycles. The summed E-state index contributed by atoms with van der Waals surface area (Å²) in [5, 5.41) is 8.28. The second-order valence-corrected chi connectivity index (χ2v) is 3.69. The molecule has 0 bridgehead atoms. The number of aryl methyl sites for hydroxylation is 1. The van der Waals surface area contributed by atoms with E-state index in [1.165, 1.54) is 0 Å². The van der Waals surface area contributed by atoms with Crippen LogP contribution < -0.4 is 5.73 Å². The zero-order valence-corrected chi connectivity index (χ0v) is 9.02. The standard InChI is InChI=1S/C10H11ClN4/c1-15-9(6-13-14-15)10(12)7-4-2-3-5-8(7)11/h2-6,10H,12H2,1H3. The first-order valence-electron chi connectivity index (χ1n) is 4.54. The van der Waals surface area contributed by atoms with Gasteiger partial charge in [0.25, 0.3) is 0 Å². The van der Waals surface area contributed by atoms with E-state index in [-0.39, 0.29) is 6.04 Å². The van der Waals surface area contributed by atoms with Gasteiger partial charge < -0.3 is 5.73 Å². The maximum Gasteiger partial charge on any atom is 0.0797 e. The fourth-order valence-corrected chi connectivity index (χ4v) is 1.72. The number of nitrogens with two attached hydrogens (primary N) is 1. The predicted octanol–water partition coefficient (Wildman–Crippen LogP) is 1.52. The van der Waals surface area contributed by atoms with E-state index in [1.807, 2.05) is 24.3 Å². The summed E-state index contributed by atoms with van der Waals surface area (Å²) in [6.07, 6.45) is 1.65.